The first-order chi connectivity index (χ1) is 8.56. The van der Waals surface area contributed by atoms with E-state index in [1.165, 1.54) is 5.56 Å². The Hall–Kier alpha value is -1.71. The van der Waals surface area contributed by atoms with Crippen LogP contribution in [0.15, 0.2) is 12.1 Å². The maximum atomic E-state index is 11.3. The van der Waals surface area contributed by atoms with Gasteiger partial charge in [-0.1, -0.05) is 19.1 Å². The second kappa shape index (κ2) is 6.89. The molecule has 0 aliphatic carbocycles. The van der Waals surface area contributed by atoms with Crippen LogP contribution in [0.5, 0.6) is 5.75 Å². The minimum Gasteiger partial charge on any atom is -0.473 e. The number of urea groups is 1. The Balaban J connectivity index is 2.49. The number of carbonyl (C=O) groups is 1. The van der Waals surface area contributed by atoms with E-state index in [1.807, 2.05) is 33.8 Å². The fraction of sp³-hybridized carbons (Fsp3) is 0.500. The minimum absolute atomic E-state index is 0.181. The van der Waals surface area contributed by atoms with E-state index in [4.69, 9.17) is 4.74 Å². The second-order valence-electron chi connectivity index (χ2n) is 4.37. The van der Waals surface area contributed by atoms with Gasteiger partial charge in [-0.25, -0.2) is 4.79 Å². The van der Waals surface area contributed by atoms with Crippen LogP contribution in [0, 0.1) is 20.8 Å². The molecule has 0 aliphatic heterocycles. The molecule has 2 amide bonds. The van der Waals surface area contributed by atoms with E-state index in [1.54, 1.807) is 0 Å². The van der Waals surface area contributed by atoms with E-state index in [-0.39, 0.29) is 12.8 Å². The average molecular weight is 250 g/mol. The highest BCUT2D eigenvalue weighted by atomic mass is 16.5. The molecule has 0 bridgehead atoms. The van der Waals surface area contributed by atoms with E-state index >= 15 is 0 Å². The molecule has 0 unspecified atom stereocenters. The molecule has 1 aromatic rings. The lowest BCUT2D eigenvalue weighted by atomic mass is 10.1. The summed E-state index contributed by atoms with van der Waals surface area (Å²) in [4.78, 5) is 11.3. The molecule has 100 valence electrons. The smallest absolute Gasteiger partial charge is 0.317 e. The van der Waals surface area contributed by atoms with Crippen molar-refractivity contribution >= 4 is 6.03 Å². The molecular formula is C14H22N2O2. The second-order valence-corrected chi connectivity index (χ2v) is 4.37. The summed E-state index contributed by atoms with van der Waals surface area (Å²) in [5.74, 6) is 0.853. The first-order valence-corrected chi connectivity index (χ1v) is 6.27. The average Bonchev–Trinajstić information content (AvgIpc) is 2.35. The van der Waals surface area contributed by atoms with Gasteiger partial charge in [-0.15, -0.1) is 0 Å². The normalized spacial score (nSPS) is 10.0. The van der Waals surface area contributed by atoms with Gasteiger partial charge in [0.05, 0.1) is 0 Å². The molecule has 2 N–H and O–H groups in total. The predicted molar refractivity (Wildman–Crippen MR) is 73.0 cm³/mol. The largest absolute Gasteiger partial charge is 0.473 e. The van der Waals surface area contributed by atoms with Crippen LogP contribution < -0.4 is 15.4 Å². The zero-order valence-corrected chi connectivity index (χ0v) is 11.6. The molecule has 0 saturated carbocycles. The van der Waals surface area contributed by atoms with Gasteiger partial charge in [-0.3, -0.25) is 0 Å². The minimum atomic E-state index is -0.195. The Morgan fingerprint density at radius 2 is 1.83 bits per heavy atom. The van der Waals surface area contributed by atoms with Gasteiger partial charge in [0.25, 0.3) is 0 Å². The third-order valence-corrected chi connectivity index (χ3v) is 2.86. The van der Waals surface area contributed by atoms with Crippen LogP contribution in [-0.2, 0) is 0 Å². The van der Waals surface area contributed by atoms with Crippen LogP contribution in [-0.4, -0.2) is 19.3 Å². The SMILES string of the molecule is CCCNC(=O)NCOc1c(C)ccc(C)c1C. The maximum absolute atomic E-state index is 11.3. The van der Waals surface area contributed by atoms with Gasteiger partial charge in [-0.2, -0.15) is 0 Å². The van der Waals surface area contributed by atoms with Gasteiger partial charge in [0, 0.05) is 6.54 Å². The topological polar surface area (TPSA) is 50.4 Å². The van der Waals surface area contributed by atoms with Crippen LogP contribution in [0.3, 0.4) is 0 Å². The third-order valence-electron chi connectivity index (χ3n) is 2.86. The Kier molecular flexibility index (Phi) is 5.49. The van der Waals surface area contributed by atoms with Crippen molar-refractivity contribution in [2.75, 3.05) is 13.3 Å². The summed E-state index contributed by atoms with van der Waals surface area (Å²) in [5.41, 5.74) is 3.38. The van der Waals surface area contributed by atoms with Crippen LogP contribution in [0.25, 0.3) is 0 Å². The molecular weight excluding hydrogens is 228 g/mol. The van der Waals surface area contributed by atoms with Crippen LogP contribution in [0.2, 0.25) is 0 Å². The number of benzene rings is 1. The summed E-state index contributed by atoms with van der Waals surface area (Å²) in [5, 5.41) is 5.40. The monoisotopic (exact) mass is 250 g/mol. The number of carbonyl (C=O) groups excluding carboxylic acids is 1. The molecule has 1 rings (SSSR count). The van der Waals surface area contributed by atoms with Crippen molar-refractivity contribution in [2.24, 2.45) is 0 Å². The maximum Gasteiger partial charge on any atom is 0.317 e. The number of nitrogens with one attached hydrogen (secondary N) is 2. The van der Waals surface area contributed by atoms with Crippen molar-refractivity contribution in [3.63, 3.8) is 0 Å². The third kappa shape index (κ3) is 3.95. The molecule has 0 saturated heterocycles. The van der Waals surface area contributed by atoms with E-state index < -0.39 is 0 Å². The zero-order chi connectivity index (χ0) is 13.5. The zero-order valence-electron chi connectivity index (χ0n) is 11.6. The van der Waals surface area contributed by atoms with Crippen molar-refractivity contribution < 1.29 is 9.53 Å². The highest BCUT2D eigenvalue weighted by Crippen LogP contribution is 2.25. The van der Waals surface area contributed by atoms with Crippen molar-refractivity contribution in [3.8, 4) is 5.75 Å². The number of hydrogen-bond donors (Lipinski definition) is 2. The Bertz CT molecular complexity index is 417. The molecule has 0 aliphatic rings. The van der Waals surface area contributed by atoms with Gasteiger partial charge in [-0.05, 0) is 43.9 Å². The lowest BCUT2D eigenvalue weighted by Crippen LogP contribution is -2.38. The van der Waals surface area contributed by atoms with E-state index in [0.717, 1.165) is 23.3 Å². The Morgan fingerprint density at radius 3 is 2.50 bits per heavy atom. The molecule has 4 heteroatoms. The van der Waals surface area contributed by atoms with Crippen LogP contribution >= 0.6 is 0 Å². The fourth-order valence-corrected chi connectivity index (χ4v) is 1.62. The Morgan fingerprint density at radius 1 is 1.17 bits per heavy atom. The van der Waals surface area contributed by atoms with Gasteiger partial charge in [0.1, 0.15) is 5.75 Å². The standard InChI is InChI=1S/C14H22N2O2/c1-5-8-15-14(17)16-9-18-13-11(3)7-6-10(2)12(13)4/h6-7H,5,8-9H2,1-4H3,(H2,15,16,17). The molecule has 0 radical (unpaired) electrons. The van der Waals surface area contributed by atoms with E-state index in [9.17, 15) is 4.79 Å². The number of ether oxygens (including phenoxy) is 1. The number of amides is 2. The van der Waals surface area contributed by atoms with Crippen LogP contribution in [0.4, 0.5) is 4.79 Å². The first-order valence-electron chi connectivity index (χ1n) is 6.27. The number of aryl methyl sites for hydroxylation is 2. The quantitative estimate of drug-likeness (QED) is 0.789. The van der Waals surface area contributed by atoms with Crippen molar-refractivity contribution in [2.45, 2.75) is 34.1 Å². The summed E-state index contributed by atoms with van der Waals surface area (Å²) >= 11 is 0. The molecule has 0 atom stereocenters. The van der Waals surface area contributed by atoms with Gasteiger partial charge in [0.2, 0.25) is 0 Å². The fourth-order valence-electron chi connectivity index (χ4n) is 1.62. The van der Waals surface area contributed by atoms with Gasteiger partial charge >= 0.3 is 6.03 Å². The van der Waals surface area contributed by atoms with Gasteiger partial charge < -0.3 is 15.4 Å². The number of rotatable bonds is 5. The Labute approximate surface area is 109 Å². The van der Waals surface area contributed by atoms with Crippen molar-refractivity contribution in [3.05, 3.63) is 28.8 Å². The summed E-state index contributed by atoms with van der Waals surface area (Å²) in [6.07, 6.45) is 0.921. The molecule has 1 aromatic carbocycles. The van der Waals surface area contributed by atoms with Crippen molar-refractivity contribution in [1.29, 1.82) is 0 Å². The lowest BCUT2D eigenvalue weighted by Gasteiger charge is -2.14. The summed E-state index contributed by atoms with van der Waals surface area (Å²) in [7, 11) is 0. The number of hydrogen-bond acceptors (Lipinski definition) is 2. The highest BCUT2D eigenvalue weighted by Gasteiger charge is 2.06. The molecule has 18 heavy (non-hydrogen) atoms. The molecule has 0 aromatic heterocycles. The lowest BCUT2D eigenvalue weighted by molar-refractivity contribution is 0.223. The summed E-state index contributed by atoms with van der Waals surface area (Å²) in [6.45, 7) is 8.93. The van der Waals surface area contributed by atoms with Gasteiger partial charge in [0.15, 0.2) is 6.73 Å². The first kappa shape index (κ1) is 14.4. The molecule has 0 heterocycles. The summed E-state index contributed by atoms with van der Waals surface area (Å²) < 4.78 is 5.63. The molecule has 0 spiro atoms. The molecule has 0 fully saturated rings. The van der Waals surface area contributed by atoms with E-state index in [0.29, 0.717) is 6.54 Å². The van der Waals surface area contributed by atoms with E-state index in [2.05, 4.69) is 16.7 Å². The predicted octanol–water partition coefficient (Wildman–Crippen LogP) is 2.66. The highest BCUT2D eigenvalue weighted by molar-refractivity contribution is 5.73. The summed E-state index contributed by atoms with van der Waals surface area (Å²) in [6, 6.07) is 3.90. The van der Waals surface area contributed by atoms with Crippen molar-refractivity contribution in [1.82, 2.24) is 10.6 Å². The van der Waals surface area contributed by atoms with Crippen LogP contribution in [0.1, 0.15) is 30.0 Å². The molecule has 4 nitrogen and oxygen atoms in total.